The molecule has 0 saturated heterocycles. The first-order valence-corrected chi connectivity index (χ1v) is 9.48. The second-order valence-electron chi connectivity index (χ2n) is 7.31. The van der Waals surface area contributed by atoms with Gasteiger partial charge in [0.1, 0.15) is 0 Å². The van der Waals surface area contributed by atoms with E-state index in [1.807, 2.05) is 49.4 Å². The summed E-state index contributed by atoms with van der Waals surface area (Å²) >= 11 is 0. The van der Waals surface area contributed by atoms with E-state index in [4.69, 9.17) is 4.74 Å². The van der Waals surface area contributed by atoms with E-state index in [2.05, 4.69) is 18.0 Å². The number of hydrogen-bond acceptors (Lipinski definition) is 3. The molecule has 0 radical (unpaired) electrons. The summed E-state index contributed by atoms with van der Waals surface area (Å²) in [5.74, 6) is -0.218. The van der Waals surface area contributed by atoms with Crippen molar-refractivity contribution in [2.45, 2.75) is 32.8 Å². The number of benzene rings is 2. The Morgan fingerprint density at radius 3 is 2.56 bits per heavy atom. The average Bonchev–Trinajstić information content (AvgIpc) is 3.27. The number of fused-ring (bicyclic) bond motifs is 1. The monoisotopic (exact) mass is 361 g/mol. The van der Waals surface area contributed by atoms with Crippen LogP contribution in [0.1, 0.15) is 47.9 Å². The molecule has 2 aromatic carbocycles. The highest BCUT2D eigenvalue weighted by atomic mass is 16.5. The lowest BCUT2D eigenvalue weighted by atomic mass is 9.98. The number of carbonyl (C=O) groups is 2. The molecule has 0 unspecified atom stereocenters. The number of aromatic nitrogens is 1. The van der Waals surface area contributed by atoms with Crippen molar-refractivity contribution in [1.82, 2.24) is 4.98 Å². The Morgan fingerprint density at radius 1 is 1.15 bits per heavy atom. The van der Waals surface area contributed by atoms with Gasteiger partial charge in [-0.05, 0) is 24.3 Å². The van der Waals surface area contributed by atoms with Crippen LogP contribution in [0.15, 0.2) is 54.7 Å². The minimum Gasteiger partial charge on any atom is -0.449 e. The van der Waals surface area contributed by atoms with Crippen LogP contribution in [-0.4, -0.2) is 16.7 Å². The number of rotatable bonds is 6. The van der Waals surface area contributed by atoms with Gasteiger partial charge in [0.15, 0.2) is 6.10 Å². The van der Waals surface area contributed by atoms with Gasteiger partial charge in [-0.25, -0.2) is 0 Å². The Bertz CT molecular complexity index is 989. The fourth-order valence-corrected chi connectivity index (χ4v) is 3.61. The minimum atomic E-state index is -0.921. The quantitative estimate of drug-likeness (QED) is 0.504. The van der Waals surface area contributed by atoms with Crippen LogP contribution >= 0.6 is 0 Å². The van der Waals surface area contributed by atoms with Gasteiger partial charge in [0.25, 0.3) is 0 Å². The van der Waals surface area contributed by atoms with Crippen molar-refractivity contribution >= 4 is 22.7 Å². The van der Waals surface area contributed by atoms with E-state index in [9.17, 15) is 9.59 Å². The zero-order valence-corrected chi connectivity index (χ0v) is 15.6. The third-order valence-electron chi connectivity index (χ3n) is 5.43. The molecule has 1 aliphatic rings. The summed E-state index contributed by atoms with van der Waals surface area (Å²) in [4.78, 5) is 29.1. The van der Waals surface area contributed by atoms with Gasteiger partial charge in [-0.3, -0.25) is 9.59 Å². The van der Waals surface area contributed by atoms with Crippen LogP contribution in [0.2, 0.25) is 0 Å². The number of Topliss-reactive ketones (excluding diaryl/α,β-unsaturated/α-hetero) is 1. The second-order valence-corrected chi connectivity index (χ2v) is 7.31. The maximum absolute atomic E-state index is 13.4. The average molecular weight is 361 g/mol. The Balaban J connectivity index is 1.71. The molecule has 1 saturated carbocycles. The number of ketones is 1. The Hall–Kier alpha value is -2.88. The van der Waals surface area contributed by atoms with Crippen LogP contribution in [0.25, 0.3) is 10.9 Å². The smallest absolute Gasteiger partial charge is 0.310 e. The molecule has 0 aliphatic heterocycles. The number of ether oxygens (including phenoxy) is 1. The Kier molecular flexibility index (Phi) is 4.56. The van der Waals surface area contributed by atoms with Crippen molar-refractivity contribution in [3.8, 4) is 0 Å². The van der Waals surface area contributed by atoms with Crippen LogP contribution in [0.4, 0.5) is 0 Å². The molecule has 4 rings (SSSR count). The number of hydrogen-bond donors (Lipinski definition) is 1. The third-order valence-corrected chi connectivity index (χ3v) is 5.43. The van der Waals surface area contributed by atoms with Gasteiger partial charge < -0.3 is 9.72 Å². The van der Waals surface area contributed by atoms with Gasteiger partial charge in [-0.1, -0.05) is 62.4 Å². The van der Waals surface area contributed by atoms with Gasteiger partial charge in [0.2, 0.25) is 5.78 Å². The minimum absolute atomic E-state index is 0.0846. The molecule has 27 heavy (non-hydrogen) atoms. The maximum Gasteiger partial charge on any atom is 0.310 e. The molecule has 0 spiro atoms. The fourth-order valence-electron chi connectivity index (χ4n) is 3.61. The normalized spacial score (nSPS) is 19.6. The number of esters is 1. The first kappa shape index (κ1) is 17.5. The summed E-state index contributed by atoms with van der Waals surface area (Å²) in [6.45, 7) is 4.11. The lowest BCUT2D eigenvalue weighted by Gasteiger charge is -2.17. The number of H-pyrrole nitrogens is 1. The molecule has 3 atom stereocenters. The van der Waals surface area contributed by atoms with E-state index in [-0.39, 0.29) is 17.7 Å². The molecule has 1 aliphatic carbocycles. The topological polar surface area (TPSA) is 59.2 Å². The second kappa shape index (κ2) is 7.03. The largest absolute Gasteiger partial charge is 0.449 e. The highest BCUT2D eigenvalue weighted by molar-refractivity contribution is 6.11. The number of aromatic amines is 1. The predicted octanol–water partition coefficient (Wildman–Crippen LogP) is 4.85. The molecule has 0 amide bonds. The van der Waals surface area contributed by atoms with E-state index < -0.39 is 6.10 Å². The molecule has 3 aromatic rings. The van der Waals surface area contributed by atoms with Crippen LogP contribution in [0.3, 0.4) is 0 Å². The molecular formula is C23H23NO3. The Morgan fingerprint density at radius 2 is 1.89 bits per heavy atom. The van der Waals surface area contributed by atoms with E-state index >= 15 is 0 Å². The molecule has 4 nitrogen and oxygen atoms in total. The van der Waals surface area contributed by atoms with E-state index in [0.29, 0.717) is 17.0 Å². The summed E-state index contributed by atoms with van der Waals surface area (Å²) in [6, 6.07) is 15.2. The summed E-state index contributed by atoms with van der Waals surface area (Å²) in [5.41, 5.74) is 3.39. The van der Waals surface area contributed by atoms with Crippen LogP contribution in [0, 0.1) is 11.8 Å². The summed E-state index contributed by atoms with van der Waals surface area (Å²) < 4.78 is 5.72. The number of carbonyl (C=O) groups excluding carboxylic acids is 2. The van der Waals surface area contributed by atoms with Gasteiger partial charge in [-0.2, -0.15) is 0 Å². The van der Waals surface area contributed by atoms with Crippen molar-refractivity contribution in [3.63, 3.8) is 0 Å². The van der Waals surface area contributed by atoms with E-state index in [1.54, 1.807) is 6.20 Å². The van der Waals surface area contributed by atoms with Crippen molar-refractivity contribution in [2.24, 2.45) is 11.8 Å². The van der Waals surface area contributed by atoms with E-state index in [0.717, 1.165) is 29.3 Å². The third kappa shape index (κ3) is 3.27. The van der Waals surface area contributed by atoms with Gasteiger partial charge in [0.05, 0.1) is 5.92 Å². The van der Waals surface area contributed by atoms with E-state index in [1.165, 1.54) is 0 Å². The van der Waals surface area contributed by atoms with Crippen LogP contribution in [-0.2, 0) is 16.0 Å². The van der Waals surface area contributed by atoms with Crippen molar-refractivity contribution in [1.29, 1.82) is 0 Å². The first-order valence-electron chi connectivity index (χ1n) is 9.48. The predicted molar refractivity (Wildman–Crippen MR) is 105 cm³/mol. The number of para-hydroxylation sites is 1. The van der Waals surface area contributed by atoms with Crippen molar-refractivity contribution < 1.29 is 14.3 Å². The zero-order valence-electron chi connectivity index (χ0n) is 15.6. The van der Waals surface area contributed by atoms with Gasteiger partial charge >= 0.3 is 5.97 Å². The standard InChI is InChI=1S/C23H23NO3/c1-3-15-10-7-11-17-19(13-24-20(15)17)21(25)22(16-8-5-4-6-9-16)27-23(26)18-12-14(18)2/h4-11,13-14,18,22,24H,3,12H2,1-2H3/t14-,18-,22-/m0/s1. The first-order chi connectivity index (χ1) is 13.1. The molecule has 138 valence electrons. The van der Waals surface area contributed by atoms with Gasteiger partial charge in [-0.15, -0.1) is 0 Å². The molecule has 1 aromatic heterocycles. The van der Waals surface area contributed by atoms with Gasteiger partial charge in [0, 0.05) is 28.2 Å². The zero-order chi connectivity index (χ0) is 19.0. The summed E-state index contributed by atoms with van der Waals surface area (Å²) in [5, 5.41) is 0.871. The lowest BCUT2D eigenvalue weighted by molar-refractivity contribution is -0.149. The SMILES string of the molecule is CCc1cccc2c(C(=O)[C@@H](OC(=O)[C@H]3C[C@@H]3C)c3ccccc3)c[nH]c12. The molecular weight excluding hydrogens is 338 g/mol. The maximum atomic E-state index is 13.4. The van der Waals surface area contributed by atoms with Crippen molar-refractivity contribution in [2.75, 3.05) is 0 Å². The number of aryl methyl sites for hydroxylation is 1. The van der Waals surface area contributed by atoms with Crippen LogP contribution in [0.5, 0.6) is 0 Å². The molecule has 0 bridgehead atoms. The number of nitrogens with one attached hydrogen (secondary N) is 1. The molecule has 1 N–H and O–H groups in total. The van der Waals surface area contributed by atoms with Crippen molar-refractivity contribution in [3.05, 3.63) is 71.4 Å². The Labute approximate surface area is 158 Å². The molecule has 1 fully saturated rings. The molecule has 4 heteroatoms. The summed E-state index contributed by atoms with van der Waals surface area (Å²) in [7, 11) is 0. The summed E-state index contributed by atoms with van der Waals surface area (Å²) in [6.07, 6.45) is 2.52. The highest BCUT2D eigenvalue weighted by Gasteiger charge is 2.42. The van der Waals surface area contributed by atoms with Crippen LogP contribution < -0.4 is 0 Å². The molecule has 1 heterocycles. The fraction of sp³-hybridized carbons (Fsp3) is 0.304. The highest BCUT2D eigenvalue weighted by Crippen LogP contribution is 2.40. The lowest BCUT2D eigenvalue weighted by Crippen LogP contribution is -2.21.